The molecule has 0 aliphatic rings. The Morgan fingerprint density at radius 1 is 1.00 bits per heavy atom. The molecule has 0 aliphatic heterocycles. The van der Waals surface area contributed by atoms with Crippen molar-refractivity contribution in [2.75, 3.05) is 14.2 Å². The van der Waals surface area contributed by atoms with Crippen molar-refractivity contribution in [2.45, 2.75) is 33.0 Å². The minimum atomic E-state index is -0.211. The molecule has 1 amide bonds. The minimum absolute atomic E-state index is 0.0357. The Hall–Kier alpha value is -2.85. The Kier molecular flexibility index (Phi) is 6.32. The lowest BCUT2D eigenvalue weighted by Crippen LogP contribution is -2.42. The topological polar surface area (TPSA) is 41.6 Å². The zero-order chi connectivity index (χ0) is 20.1. The molecule has 1 N–H and O–H groups in total. The molecule has 28 heavy (non-hydrogen) atoms. The van der Waals surface area contributed by atoms with Crippen LogP contribution in [0.25, 0.3) is 10.8 Å². The first-order chi connectivity index (χ1) is 13.5. The zero-order valence-electron chi connectivity index (χ0n) is 17.0. The Balaban J connectivity index is 1.59. The van der Waals surface area contributed by atoms with Crippen molar-refractivity contribution >= 4 is 16.7 Å². The molecule has 0 saturated carbocycles. The fourth-order valence-corrected chi connectivity index (χ4v) is 3.17. The van der Waals surface area contributed by atoms with Crippen LogP contribution in [0.5, 0.6) is 5.75 Å². The van der Waals surface area contributed by atoms with Crippen LogP contribution in [-0.2, 0) is 17.9 Å². The highest BCUT2D eigenvalue weighted by Crippen LogP contribution is 2.22. The van der Waals surface area contributed by atoms with Crippen molar-refractivity contribution in [1.82, 2.24) is 10.2 Å². The maximum Gasteiger partial charge on any atom is 0.237 e. The van der Waals surface area contributed by atoms with Gasteiger partial charge in [-0.05, 0) is 61.0 Å². The van der Waals surface area contributed by atoms with Gasteiger partial charge in [-0.15, -0.1) is 0 Å². The number of carbonyl (C=O) groups excluding carboxylic acids is 1. The molecule has 3 rings (SSSR count). The number of nitrogens with zero attached hydrogens (tertiary/aromatic N) is 1. The van der Waals surface area contributed by atoms with E-state index in [4.69, 9.17) is 4.74 Å². The Labute approximate surface area is 167 Å². The summed E-state index contributed by atoms with van der Waals surface area (Å²) in [5.41, 5.74) is 3.51. The van der Waals surface area contributed by atoms with E-state index in [1.54, 1.807) is 7.11 Å². The van der Waals surface area contributed by atoms with Crippen LogP contribution >= 0.6 is 0 Å². The second-order valence-corrected chi connectivity index (χ2v) is 7.34. The van der Waals surface area contributed by atoms with Crippen molar-refractivity contribution in [1.29, 1.82) is 0 Å². The van der Waals surface area contributed by atoms with E-state index in [1.165, 1.54) is 16.5 Å². The van der Waals surface area contributed by atoms with Gasteiger partial charge in [0.2, 0.25) is 5.91 Å². The van der Waals surface area contributed by atoms with Crippen LogP contribution in [0.4, 0.5) is 0 Å². The smallest absolute Gasteiger partial charge is 0.237 e. The molecule has 0 aliphatic carbocycles. The van der Waals surface area contributed by atoms with Crippen molar-refractivity contribution in [3.63, 3.8) is 0 Å². The van der Waals surface area contributed by atoms with Crippen molar-refractivity contribution in [3.8, 4) is 5.75 Å². The monoisotopic (exact) mass is 376 g/mol. The van der Waals surface area contributed by atoms with Crippen molar-refractivity contribution in [2.24, 2.45) is 0 Å². The van der Waals surface area contributed by atoms with Crippen molar-refractivity contribution in [3.05, 3.63) is 77.4 Å². The largest absolute Gasteiger partial charge is 0.497 e. The van der Waals surface area contributed by atoms with Crippen LogP contribution in [0.1, 0.15) is 23.6 Å². The third-order valence-corrected chi connectivity index (χ3v) is 5.17. The van der Waals surface area contributed by atoms with Crippen molar-refractivity contribution < 1.29 is 9.53 Å². The number of amides is 1. The minimum Gasteiger partial charge on any atom is -0.497 e. The van der Waals surface area contributed by atoms with Gasteiger partial charge in [0.1, 0.15) is 5.75 Å². The van der Waals surface area contributed by atoms with Gasteiger partial charge in [-0.2, -0.15) is 0 Å². The summed E-state index contributed by atoms with van der Waals surface area (Å²) in [4.78, 5) is 14.6. The molecule has 0 radical (unpaired) electrons. The maximum atomic E-state index is 12.5. The lowest BCUT2D eigenvalue weighted by molar-refractivity contribution is -0.125. The van der Waals surface area contributed by atoms with E-state index in [0.29, 0.717) is 13.1 Å². The molecule has 0 bridgehead atoms. The molecule has 0 saturated heterocycles. The number of aryl methyl sites for hydroxylation is 1. The number of likely N-dealkylation sites (N-methyl/N-ethyl adjacent to an activating group) is 1. The van der Waals surface area contributed by atoms with Crippen LogP contribution in [0.2, 0.25) is 0 Å². The van der Waals surface area contributed by atoms with E-state index in [-0.39, 0.29) is 11.9 Å². The second-order valence-electron chi connectivity index (χ2n) is 7.34. The van der Waals surface area contributed by atoms with E-state index < -0.39 is 0 Å². The van der Waals surface area contributed by atoms with E-state index >= 15 is 0 Å². The first-order valence-electron chi connectivity index (χ1n) is 9.56. The van der Waals surface area contributed by atoms with Crippen LogP contribution in [0, 0.1) is 6.92 Å². The SMILES string of the molecule is COc1ccc2cc(CN(C)C(C)C(=O)NCc3ccc(C)cc3)ccc2c1. The predicted molar refractivity (Wildman–Crippen MR) is 114 cm³/mol. The molecule has 0 fully saturated rings. The van der Waals surface area contributed by atoms with Gasteiger partial charge in [0.15, 0.2) is 0 Å². The number of hydrogen-bond acceptors (Lipinski definition) is 3. The van der Waals surface area contributed by atoms with E-state index in [1.807, 2.05) is 38.2 Å². The van der Waals surface area contributed by atoms with Crippen LogP contribution in [-0.4, -0.2) is 31.0 Å². The van der Waals surface area contributed by atoms with Gasteiger partial charge in [0.05, 0.1) is 13.2 Å². The maximum absolute atomic E-state index is 12.5. The zero-order valence-corrected chi connectivity index (χ0v) is 17.0. The summed E-state index contributed by atoms with van der Waals surface area (Å²) in [5.74, 6) is 0.893. The van der Waals surface area contributed by atoms with E-state index in [0.717, 1.165) is 16.7 Å². The molecule has 3 aromatic rings. The summed E-state index contributed by atoms with van der Waals surface area (Å²) in [5, 5.41) is 5.35. The van der Waals surface area contributed by atoms with Gasteiger partial charge in [0.25, 0.3) is 0 Å². The molecule has 1 atom stereocenters. The van der Waals surface area contributed by atoms with Gasteiger partial charge >= 0.3 is 0 Å². The molecule has 0 heterocycles. The van der Waals surface area contributed by atoms with Gasteiger partial charge in [0, 0.05) is 13.1 Å². The standard InChI is InChI=1S/C24H28N2O2/c1-17-5-7-19(8-6-17)15-25-24(27)18(2)26(3)16-20-9-10-22-14-23(28-4)12-11-21(22)13-20/h5-14,18H,15-16H2,1-4H3,(H,25,27). The molecule has 0 spiro atoms. The van der Waals surface area contributed by atoms with E-state index in [2.05, 4.69) is 53.5 Å². The summed E-state index contributed by atoms with van der Waals surface area (Å²) in [6.07, 6.45) is 0. The summed E-state index contributed by atoms with van der Waals surface area (Å²) < 4.78 is 5.28. The Morgan fingerprint density at radius 2 is 1.64 bits per heavy atom. The molecule has 4 nitrogen and oxygen atoms in total. The fraction of sp³-hybridized carbons (Fsp3) is 0.292. The first kappa shape index (κ1) is 19.9. The number of benzene rings is 3. The normalized spacial score (nSPS) is 12.2. The molecular weight excluding hydrogens is 348 g/mol. The van der Waals surface area contributed by atoms with Crippen LogP contribution < -0.4 is 10.1 Å². The predicted octanol–water partition coefficient (Wildman–Crippen LogP) is 4.29. The van der Waals surface area contributed by atoms with Gasteiger partial charge in [-0.25, -0.2) is 0 Å². The number of methoxy groups -OCH3 is 1. The summed E-state index contributed by atoms with van der Waals surface area (Å²) in [7, 11) is 3.66. The lowest BCUT2D eigenvalue weighted by atomic mass is 10.1. The van der Waals surface area contributed by atoms with Gasteiger partial charge in [-0.1, -0.05) is 48.0 Å². The molecule has 4 heteroatoms. The molecule has 1 unspecified atom stereocenters. The lowest BCUT2D eigenvalue weighted by Gasteiger charge is -2.24. The third kappa shape index (κ3) is 4.90. The molecule has 0 aromatic heterocycles. The molecule has 146 valence electrons. The number of fused-ring (bicyclic) bond motifs is 1. The summed E-state index contributed by atoms with van der Waals surface area (Å²) in [6, 6.07) is 20.5. The molecule has 3 aromatic carbocycles. The molecular formula is C24H28N2O2. The summed E-state index contributed by atoms with van der Waals surface area (Å²) in [6.45, 7) is 5.26. The first-order valence-corrected chi connectivity index (χ1v) is 9.56. The highest BCUT2D eigenvalue weighted by atomic mass is 16.5. The number of carbonyl (C=O) groups is 1. The average molecular weight is 377 g/mol. The van der Waals surface area contributed by atoms with Gasteiger partial charge < -0.3 is 10.1 Å². The highest BCUT2D eigenvalue weighted by Gasteiger charge is 2.18. The third-order valence-electron chi connectivity index (χ3n) is 5.17. The highest BCUT2D eigenvalue weighted by molar-refractivity contribution is 5.84. The average Bonchev–Trinajstić information content (AvgIpc) is 2.72. The van der Waals surface area contributed by atoms with Gasteiger partial charge in [-0.3, -0.25) is 9.69 Å². The van der Waals surface area contributed by atoms with Crippen LogP contribution in [0.3, 0.4) is 0 Å². The Bertz CT molecular complexity index is 950. The quantitative estimate of drug-likeness (QED) is 0.669. The second kappa shape index (κ2) is 8.89. The van der Waals surface area contributed by atoms with Crippen LogP contribution in [0.15, 0.2) is 60.7 Å². The fourth-order valence-electron chi connectivity index (χ4n) is 3.17. The summed E-state index contributed by atoms with van der Waals surface area (Å²) >= 11 is 0. The Morgan fingerprint density at radius 3 is 2.36 bits per heavy atom. The number of ether oxygens (including phenoxy) is 1. The number of hydrogen-bond donors (Lipinski definition) is 1. The van der Waals surface area contributed by atoms with E-state index in [9.17, 15) is 4.79 Å². The number of nitrogens with one attached hydrogen (secondary N) is 1. The number of rotatable bonds is 7.